The van der Waals surface area contributed by atoms with Crippen LogP contribution in [0.15, 0.2) is 6.20 Å². The van der Waals surface area contributed by atoms with Crippen LogP contribution in [0.1, 0.15) is 51.3 Å². The molecule has 1 saturated carbocycles. The van der Waals surface area contributed by atoms with Crippen molar-refractivity contribution in [3.63, 3.8) is 0 Å². The summed E-state index contributed by atoms with van der Waals surface area (Å²) >= 11 is 0. The predicted octanol–water partition coefficient (Wildman–Crippen LogP) is 2.91. The molecule has 1 atom stereocenters. The number of hydrogen-bond donors (Lipinski definition) is 1. The van der Waals surface area contributed by atoms with Gasteiger partial charge in [0, 0.05) is 43.1 Å². The van der Waals surface area contributed by atoms with Crippen LogP contribution in [0.4, 0.5) is 5.95 Å². The molecule has 21 heavy (non-hydrogen) atoms. The molecule has 2 fully saturated rings. The highest BCUT2D eigenvalue weighted by molar-refractivity contribution is 5.34. The molecule has 4 nitrogen and oxygen atoms in total. The van der Waals surface area contributed by atoms with E-state index in [1.165, 1.54) is 24.8 Å². The highest BCUT2D eigenvalue weighted by atomic mass is 15.3. The van der Waals surface area contributed by atoms with E-state index in [2.05, 4.69) is 42.9 Å². The molecule has 1 aromatic heterocycles. The monoisotopic (exact) mass is 288 g/mol. The van der Waals surface area contributed by atoms with Crippen LogP contribution in [0.3, 0.4) is 0 Å². The SMILES string of the molecule is Cc1nc(N2CCC(C(C)(C)C)C2)ncc1CNC1CC1. The summed E-state index contributed by atoms with van der Waals surface area (Å²) in [7, 11) is 0. The van der Waals surface area contributed by atoms with Crippen molar-refractivity contribution in [2.75, 3.05) is 18.0 Å². The topological polar surface area (TPSA) is 41.1 Å². The Labute approximate surface area is 128 Å². The second-order valence-corrected chi connectivity index (χ2v) is 7.73. The molecule has 1 aromatic rings. The Morgan fingerprint density at radius 2 is 2.05 bits per heavy atom. The first kappa shape index (κ1) is 14.8. The molecule has 2 aliphatic rings. The maximum Gasteiger partial charge on any atom is 0.225 e. The summed E-state index contributed by atoms with van der Waals surface area (Å²) in [4.78, 5) is 11.7. The summed E-state index contributed by atoms with van der Waals surface area (Å²) in [5, 5.41) is 3.54. The molecular formula is C17H28N4. The Morgan fingerprint density at radius 3 is 2.62 bits per heavy atom. The van der Waals surface area contributed by atoms with Gasteiger partial charge in [0.25, 0.3) is 0 Å². The van der Waals surface area contributed by atoms with Crippen LogP contribution in [0, 0.1) is 18.3 Å². The van der Waals surface area contributed by atoms with Crippen molar-refractivity contribution in [3.8, 4) is 0 Å². The van der Waals surface area contributed by atoms with Gasteiger partial charge in [0.2, 0.25) is 5.95 Å². The Bertz CT molecular complexity index is 502. The zero-order valence-electron chi connectivity index (χ0n) is 13.8. The third-order valence-corrected chi connectivity index (χ3v) is 4.92. The van der Waals surface area contributed by atoms with Crippen molar-refractivity contribution >= 4 is 5.95 Å². The highest BCUT2D eigenvalue weighted by Gasteiger charge is 2.32. The van der Waals surface area contributed by atoms with Crippen LogP contribution >= 0.6 is 0 Å². The zero-order chi connectivity index (χ0) is 15.0. The maximum atomic E-state index is 4.74. The molecule has 1 saturated heterocycles. The van der Waals surface area contributed by atoms with E-state index in [4.69, 9.17) is 4.98 Å². The molecule has 3 rings (SSSR count). The van der Waals surface area contributed by atoms with Gasteiger partial charge in [-0.05, 0) is 37.5 Å². The quantitative estimate of drug-likeness (QED) is 0.925. The molecule has 0 amide bonds. The fourth-order valence-electron chi connectivity index (χ4n) is 3.00. The van der Waals surface area contributed by atoms with Gasteiger partial charge in [-0.3, -0.25) is 0 Å². The van der Waals surface area contributed by atoms with Crippen LogP contribution in [0.25, 0.3) is 0 Å². The lowest BCUT2D eigenvalue weighted by Crippen LogP contribution is -2.27. The standard InChI is InChI=1S/C17H28N4/c1-12-13(9-18-15-5-6-15)10-19-16(20-12)21-8-7-14(11-21)17(2,3)4/h10,14-15,18H,5-9,11H2,1-4H3. The van der Waals surface area contributed by atoms with Gasteiger partial charge >= 0.3 is 0 Å². The normalized spacial score (nSPS) is 22.9. The Hall–Kier alpha value is -1.16. The number of rotatable bonds is 4. The van der Waals surface area contributed by atoms with E-state index in [1.54, 1.807) is 0 Å². The molecule has 1 unspecified atom stereocenters. The third kappa shape index (κ3) is 3.54. The minimum Gasteiger partial charge on any atom is -0.341 e. The van der Waals surface area contributed by atoms with Crippen molar-refractivity contribution in [1.82, 2.24) is 15.3 Å². The summed E-state index contributed by atoms with van der Waals surface area (Å²) < 4.78 is 0. The average molecular weight is 288 g/mol. The van der Waals surface area contributed by atoms with E-state index in [1.807, 2.05) is 6.20 Å². The number of nitrogens with zero attached hydrogens (tertiary/aromatic N) is 3. The first-order valence-electron chi connectivity index (χ1n) is 8.24. The molecule has 116 valence electrons. The zero-order valence-corrected chi connectivity index (χ0v) is 13.8. The van der Waals surface area contributed by atoms with Crippen molar-refractivity contribution in [2.24, 2.45) is 11.3 Å². The van der Waals surface area contributed by atoms with E-state index in [-0.39, 0.29) is 0 Å². The third-order valence-electron chi connectivity index (χ3n) is 4.92. The Morgan fingerprint density at radius 1 is 1.29 bits per heavy atom. The van der Waals surface area contributed by atoms with E-state index in [0.29, 0.717) is 5.41 Å². The van der Waals surface area contributed by atoms with Gasteiger partial charge < -0.3 is 10.2 Å². The van der Waals surface area contributed by atoms with Gasteiger partial charge in [0.05, 0.1) is 0 Å². The van der Waals surface area contributed by atoms with Crippen molar-refractivity contribution in [2.45, 2.75) is 59.5 Å². The average Bonchev–Trinajstić information content (AvgIpc) is 3.09. The molecule has 1 aliphatic carbocycles. The number of anilines is 1. The molecule has 0 aromatic carbocycles. The molecule has 0 spiro atoms. The number of hydrogen-bond acceptors (Lipinski definition) is 4. The fourth-order valence-corrected chi connectivity index (χ4v) is 3.00. The van der Waals surface area contributed by atoms with Gasteiger partial charge in [0.1, 0.15) is 0 Å². The number of aryl methyl sites for hydroxylation is 1. The molecule has 2 heterocycles. The molecule has 0 radical (unpaired) electrons. The fraction of sp³-hybridized carbons (Fsp3) is 0.765. The lowest BCUT2D eigenvalue weighted by Gasteiger charge is -2.27. The summed E-state index contributed by atoms with van der Waals surface area (Å²) in [5.41, 5.74) is 2.72. The van der Waals surface area contributed by atoms with Crippen molar-refractivity contribution < 1.29 is 0 Å². The van der Waals surface area contributed by atoms with Crippen molar-refractivity contribution in [3.05, 3.63) is 17.5 Å². The second-order valence-electron chi connectivity index (χ2n) is 7.73. The van der Waals surface area contributed by atoms with Crippen LogP contribution in [-0.4, -0.2) is 29.1 Å². The lowest BCUT2D eigenvalue weighted by atomic mass is 9.80. The van der Waals surface area contributed by atoms with Gasteiger partial charge in [-0.25, -0.2) is 9.97 Å². The largest absolute Gasteiger partial charge is 0.341 e. The van der Waals surface area contributed by atoms with E-state index < -0.39 is 0 Å². The first-order chi connectivity index (χ1) is 9.93. The minimum atomic E-state index is 0.373. The van der Waals surface area contributed by atoms with Crippen LogP contribution in [-0.2, 0) is 6.54 Å². The summed E-state index contributed by atoms with van der Waals surface area (Å²) in [6, 6.07) is 0.732. The smallest absolute Gasteiger partial charge is 0.225 e. The van der Waals surface area contributed by atoms with Gasteiger partial charge in [-0.2, -0.15) is 0 Å². The van der Waals surface area contributed by atoms with Gasteiger partial charge in [0.15, 0.2) is 0 Å². The van der Waals surface area contributed by atoms with Gasteiger partial charge in [-0.1, -0.05) is 20.8 Å². The predicted molar refractivity (Wildman–Crippen MR) is 86.4 cm³/mol. The minimum absolute atomic E-state index is 0.373. The maximum absolute atomic E-state index is 4.74. The molecular weight excluding hydrogens is 260 g/mol. The molecule has 1 N–H and O–H groups in total. The highest BCUT2D eigenvalue weighted by Crippen LogP contribution is 2.34. The lowest BCUT2D eigenvalue weighted by molar-refractivity contribution is 0.263. The molecule has 4 heteroatoms. The van der Waals surface area contributed by atoms with Crippen LogP contribution in [0.2, 0.25) is 0 Å². The molecule has 0 bridgehead atoms. The van der Waals surface area contributed by atoms with E-state index in [9.17, 15) is 0 Å². The van der Waals surface area contributed by atoms with E-state index in [0.717, 1.165) is 43.2 Å². The van der Waals surface area contributed by atoms with E-state index >= 15 is 0 Å². The van der Waals surface area contributed by atoms with Gasteiger partial charge in [-0.15, -0.1) is 0 Å². The molecule has 1 aliphatic heterocycles. The second kappa shape index (κ2) is 5.56. The number of aromatic nitrogens is 2. The Balaban J connectivity index is 1.64. The Kier molecular flexibility index (Phi) is 3.91. The van der Waals surface area contributed by atoms with Crippen LogP contribution < -0.4 is 10.2 Å². The first-order valence-corrected chi connectivity index (χ1v) is 8.24. The summed E-state index contributed by atoms with van der Waals surface area (Å²) in [6.07, 6.45) is 5.90. The summed E-state index contributed by atoms with van der Waals surface area (Å²) in [6.45, 7) is 12.2. The van der Waals surface area contributed by atoms with Crippen molar-refractivity contribution in [1.29, 1.82) is 0 Å². The van der Waals surface area contributed by atoms with Crippen LogP contribution in [0.5, 0.6) is 0 Å². The number of nitrogens with one attached hydrogen (secondary N) is 1. The summed E-state index contributed by atoms with van der Waals surface area (Å²) in [5.74, 6) is 1.65.